The fourth-order valence-electron chi connectivity index (χ4n) is 2.13. The molecular weight excluding hydrogens is 274 g/mol. The molecule has 1 aromatic heterocycles. The molecule has 0 radical (unpaired) electrons. The first kappa shape index (κ1) is 13.4. The van der Waals surface area contributed by atoms with Crippen LogP contribution in [0.25, 0.3) is 0 Å². The average molecular weight is 288 g/mol. The maximum atomic E-state index is 12.3. The normalized spacial score (nSPS) is 19.7. The van der Waals surface area contributed by atoms with E-state index < -0.39 is 6.04 Å². The summed E-state index contributed by atoms with van der Waals surface area (Å²) in [7, 11) is 1.35. The molecule has 0 aliphatic carbocycles. The second-order valence-electron chi connectivity index (χ2n) is 4.14. The Hall–Kier alpha value is -1.07. The van der Waals surface area contributed by atoms with Gasteiger partial charge in [-0.25, -0.2) is 4.79 Å². The summed E-state index contributed by atoms with van der Waals surface area (Å²) in [5, 5.41) is 0. The van der Waals surface area contributed by atoms with Crippen LogP contribution in [0, 0.1) is 0 Å². The number of hydrogen-bond acceptors (Lipinski definition) is 4. The monoisotopic (exact) mass is 287 g/mol. The molecule has 1 fully saturated rings. The number of ether oxygens (including phenoxy) is 1. The van der Waals surface area contributed by atoms with Crippen molar-refractivity contribution in [3.05, 3.63) is 21.3 Å². The molecule has 2 heterocycles. The van der Waals surface area contributed by atoms with Crippen LogP contribution in [-0.4, -0.2) is 36.5 Å². The molecule has 1 aliphatic rings. The lowest BCUT2D eigenvalue weighted by Gasteiger charge is -2.33. The maximum Gasteiger partial charge on any atom is 0.328 e. The largest absolute Gasteiger partial charge is 0.467 e. The zero-order valence-corrected chi connectivity index (χ0v) is 11.6. The predicted molar refractivity (Wildman–Crippen MR) is 70.0 cm³/mol. The van der Waals surface area contributed by atoms with Crippen LogP contribution in [0.2, 0.25) is 4.34 Å². The maximum absolute atomic E-state index is 12.3. The number of piperidine rings is 1. The third-order valence-electron chi connectivity index (χ3n) is 3.02. The fraction of sp³-hybridized carbons (Fsp3) is 0.500. The van der Waals surface area contributed by atoms with E-state index >= 15 is 0 Å². The molecule has 0 bridgehead atoms. The zero-order valence-electron chi connectivity index (χ0n) is 10.0. The lowest BCUT2D eigenvalue weighted by Crippen LogP contribution is -2.48. The van der Waals surface area contributed by atoms with Crippen molar-refractivity contribution in [1.82, 2.24) is 4.90 Å². The molecule has 0 aromatic carbocycles. The van der Waals surface area contributed by atoms with Gasteiger partial charge in [-0.1, -0.05) is 11.6 Å². The quantitative estimate of drug-likeness (QED) is 0.786. The van der Waals surface area contributed by atoms with Crippen LogP contribution in [0.5, 0.6) is 0 Å². The molecular formula is C12H14ClNO3S. The van der Waals surface area contributed by atoms with Crippen LogP contribution >= 0.6 is 22.9 Å². The number of thiophene rings is 1. The van der Waals surface area contributed by atoms with Crippen LogP contribution in [0.3, 0.4) is 0 Å². The summed E-state index contributed by atoms with van der Waals surface area (Å²) in [6.07, 6.45) is 2.52. The first-order chi connectivity index (χ1) is 8.63. The van der Waals surface area contributed by atoms with Crippen molar-refractivity contribution in [2.45, 2.75) is 25.3 Å². The minimum Gasteiger partial charge on any atom is -0.467 e. The molecule has 2 rings (SSSR count). The molecule has 6 heteroatoms. The molecule has 1 unspecified atom stereocenters. The van der Waals surface area contributed by atoms with Gasteiger partial charge in [0.05, 0.1) is 16.3 Å². The number of esters is 1. The Kier molecular flexibility index (Phi) is 4.24. The van der Waals surface area contributed by atoms with Gasteiger partial charge in [-0.15, -0.1) is 11.3 Å². The summed E-state index contributed by atoms with van der Waals surface area (Å²) < 4.78 is 5.33. The molecule has 0 N–H and O–H groups in total. The minimum absolute atomic E-state index is 0.137. The first-order valence-corrected chi connectivity index (χ1v) is 6.97. The van der Waals surface area contributed by atoms with Crippen molar-refractivity contribution in [2.24, 2.45) is 0 Å². The second-order valence-corrected chi connectivity index (χ2v) is 5.85. The van der Waals surface area contributed by atoms with Gasteiger partial charge in [-0.2, -0.15) is 0 Å². The average Bonchev–Trinajstić information content (AvgIpc) is 2.83. The molecule has 1 amide bonds. The van der Waals surface area contributed by atoms with Crippen molar-refractivity contribution in [1.29, 1.82) is 0 Å². The van der Waals surface area contributed by atoms with Crippen molar-refractivity contribution in [3.63, 3.8) is 0 Å². The predicted octanol–water partition coefficient (Wildman–Crippen LogP) is 2.57. The molecule has 4 nitrogen and oxygen atoms in total. The highest BCUT2D eigenvalue weighted by atomic mass is 35.5. The smallest absolute Gasteiger partial charge is 0.328 e. The van der Waals surface area contributed by atoms with Crippen LogP contribution < -0.4 is 0 Å². The Morgan fingerprint density at radius 3 is 2.83 bits per heavy atom. The van der Waals surface area contributed by atoms with Crippen LogP contribution in [0.4, 0.5) is 0 Å². The van der Waals surface area contributed by atoms with E-state index in [9.17, 15) is 9.59 Å². The van der Waals surface area contributed by atoms with E-state index in [1.165, 1.54) is 18.4 Å². The lowest BCUT2D eigenvalue weighted by atomic mass is 10.0. The van der Waals surface area contributed by atoms with E-state index in [2.05, 4.69) is 0 Å². The van der Waals surface area contributed by atoms with Gasteiger partial charge in [0.25, 0.3) is 5.91 Å². The van der Waals surface area contributed by atoms with Gasteiger partial charge in [0.1, 0.15) is 6.04 Å². The molecule has 1 saturated heterocycles. The zero-order chi connectivity index (χ0) is 13.1. The minimum atomic E-state index is -0.461. The third kappa shape index (κ3) is 2.67. The van der Waals surface area contributed by atoms with Gasteiger partial charge in [-0.05, 0) is 31.4 Å². The Balaban J connectivity index is 2.18. The molecule has 0 spiro atoms. The molecule has 1 aliphatic heterocycles. The molecule has 0 saturated carbocycles. The number of carbonyl (C=O) groups is 2. The van der Waals surface area contributed by atoms with Gasteiger partial charge in [0.2, 0.25) is 0 Å². The first-order valence-electron chi connectivity index (χ1n) is 5.77. The summed E-state index contributed by atoms with van der Waals surface area (Å²) in [5.74, 6) is -0.479. The topological polar surface area (TPSA) is 46.6 Å². The summed E-state index contributed by atoms with van der Waals surface area (Å²) in [6.45, 7) is 0.591. The van der Waals surface area contributed by atoms with Crippen LogP contribution in [0.1, 0.15) is 28.9 Å². The van der Waals surface area contributed by atoms with E-state index in [1.807, 2.05) is 0 Å². The van der Waals surface area contributed by atoms with Gasteiger partial charge in [0.15, 0.2) is 0 Å². The second kappa shape index (κ2) is 5.71. The van der Waals surface area contributed by atoms with Gasteiger partial charge < -0.3 is 9.64 Å². The molecule has 18 heavy (non-hydrogen) atoms. The Morgan fingerprint density at radius 2 is 2.22 bits per heavy atom. The number of nitrogens with zero attached hydrogens (tertiary/aromatic N) is 1. The Bertz CT molecular complexity index is 460. The summed E-state index contributed by atoms with van der Waals surface area (Å²) in [5.41, 5.74) is 0. The van der Waals surface area contributed by atoms with Crippen molar-refractivity contribution < 1.29 is 14.3 Å². The Morgan fingerprint density at radius 1 is 1.44 bits per heavy atom. The summed E-state index contributed by atoms with van der Waals surface area (Å²) >= 11 is 7.06. The van der Waals surface area contributed by atoms with E-state index in [0.29, 0.717) is 22.2 Å². The number of halogens is 1. The van der Waals surface area contributed by atoms with E-state index in [0.717, 1.165) is 12.8 Å². The standard InChI is InChI=1S/C12H14ClNO3S/c1-17-12(16)8-4-2-3-7-14(8)11(15)9-5-6-10(13)18-9/h5-6,8H,2-4,7H2,1H3. The van der Waals surface area contributed by atoms with Gasteiger partial charge in [0, 0.05) is 6.54 Å². The van der Waals surface area contributed by atoms with Crippen molar-refractivity contribution >= 4 is 34.8 Å². The van der Waals surface area contributed by atoms with E-state index in [1.54, 1.807) is 17.0 Å². The van der Waals surface area contributed by atoms with Crippen molar-refractivity contribution in [3.8, 4) is 0 Å². The molecule has 1 aromatic rings. The van der Waals surface area contributed by atoms with Crippen LogP contribution in [-0.2, 0) is 9.53 Å². The van der Waals surface area contributed by atoms with E-state index in [-0.39, 0.29) is 11.9 Å². The highest BCUT2D eigenvalue weighted by Gasteiger charge is 2.33. The molecule has 98 valence electrons. The van der Waals surface area contributed by atoms with Crippen LogP contribution in [0.15, 0.2) is 12.1 Å². The number of carbonyl (C=O) groups excluding carboxylic acids is 2. The lowest BCUT2D eigenvalue weighted by molar-refractivity contribution is -0.147. The fourth-order valence-corrected chi connectivity index (χ4v) is 3.13. The Labute approximate surface area is 114 Å². The molecule has 1 atom stereocenters. The van der Waals surface area contributed by atoms with Crippen molar-refractivity contribution in [2.75, 3.05) is 13.7 Å². The SMILES string of the molecule is COC(=O)C1CCCCN1C(=O)c1ccc(Cl)s1. The number of likely N-dealkylation sites (tertiary alicyclic amines) is 1. The highest BCUT2D eigenvalue weighted by Crippen LogP contribution is 2.26. The van der Waals surface area contributed by atoms with Gasteiger partial charge >= 0.3 is 5.97 Å². The number of methoxy groups -OCH3 is 1. The number of hydrogen-bond donors (Lipinski definition) is 0. The summed E-state index contributed by atoms with van der Waals surface area (Å²) in [4.78, 5) is 26.2. The third-order valence-corrected chi connectivity index (χ3v) is 4.24. The summed E-state index contributed by atoms with van der Waals surface area (Å²) in [6, 6.07) is 2.92. The highest BCUT2D eigenvalue weighted by molar-refractivity contribution is 7.17. The van der Waals surface area contributed by atoms with E-state index in [4.69, 9.17) is 16.3 Å². The number of amides is 1. The number of rotatable bonds is 2. The van der Waals surface area contributed by atoms with Gasteiger partial charge in [-0.3, -0.25) is 4.79 Å².